The van der Waals surface area contributed by atoms with Crippen molar-refractivity contribution in [2.24, 2.45) is 0 Å². The smallest absolute Gasteiger partial charge is 0.276 e. The Labute approximate surface area is 151 Å². The first-order chi connectivity index (χ1) is 11.4. The zero-order valence-electron chi connectivity index (χ0n) is 11.9. The van der Waals surface area contributed by atoms with Crippen molar-refractivity contribution in [2.75, 3.05) is 5.32 Å². The van der Waals surface area contributed by atoms with Crippen LogP contribution >= 0.6 is 34.8 Å². The van der Waals surface area contributed by atoms with Crippen LogP contribution in [-0.2, 0) is 4.79 Å². The summed E-state index contributed by atoms with van der Waals surface area (Å²) in [7, 11) is 0. The highest BCUT2D eigenvalue weighted by Gasteiger charge is 2.31. The molecule has 0 spiro atoms. The second-order valence-electron chi connectivity index (χ2n) is 4.64. The second-order valence-corrected chi connectivity index (χ2v) is 6.92. The lowest BCUT2D eigenvalue weighted by Gasteiger charge is -2.13. The number of carbonyl (C=O) groups is 1. The van der Waals surface area contributed by atoms with Crippen LogP contribution in [-0.4, -0.2) is 24.8 Å². The minimum Gasteiger partial charge on any atom is -0.333 e. The number of rotatable bonds is 3. The van der Waals surface area contributed by atoms with E-state index >= 15 is 0 Å². The van der Waals surface area contributed by atoms with E-state index < -0.39 is 9.70 Å². The fourth-order valence-electron chi connectivity index (χ4n) is 1.90. The van der Waals surface area contributed by atoms with Gasteiger partial charge in [0.25, 0.3) is 15.6 Å². The molecule has 0 aliphatic heterocycles. The van der Waals surface area contributed by atoms with Gasteiger partial charge in [-0.3, -0.25) is 9.78 Å². The highest BCUT2D eigenvalue weighted by molar-refractivity contribution is 6.76. The van der Waals surface area contributed by atoms with Crippen LogP contribution in [0.5, 0.6) is 0 Å². The Hall–Kier alpha value is -2.15. The molecular weight excluding hydrogens is 375 g/mol. The molecule has 6 nitrogen and oxygen atoms in total. The van der Waals surface area contributed by atoms with Crippen LogP contribution < -0.4 is 5.32 Å². The molecule has 9 heteroatoms. The van der Waals surface area contributed by atoms with Gasteiger partial charge in [0.05, 0.1) is 11.3 Å². The Balaban J connectivity index is 1.94. The van der Waals surface area contributed by atoms with E-state index in [1.54, 1.807) is 42.6 Å². The van der Waals surface area contributed by atoms with Gasteiger partial charge in [-0.1, -0.05) is 58.2 Å². The molecule has 0 saturated carbocycles. The predicted octanol–water partition coefficient (Wildman–Crippen LogP) is 4.11. The van der Waals surface area contributed by atoms with Gasteiger partial charge >= 0.3 is 0 Å². The second kappa shape index (κ2) is 6.76. The molecule has 3 rings (SSSR count). The summed E-state index contributed by atoms with van der Waals surface area (Å²) in [6.45, 7) is 0. The number of halogens is 3. The Morgan fingerprint density at radius 3 is 2.54 bits per heavy atom. The molecule has 0 fully saturated rings. The molecule has 2 heterocycles. The van der Waals surface area contributed by atoms with Crippen molar-refractivity contribution in [2.45, 2.75) is 3.79 Å². The molecule has 1 amide bonds. The predicted molar refractivity (Wildman–Crippen MR) is 91.9 cm³/mol. The van der Waals surface area contributed by atoms with Gasteiger partial charge in [0.15, 0.2) is 0 Å². The molecule has 0 atom stereocenters. The number of para-hydroxylation sites is 1. The van der Waals surface area contributed by atoms with E-state index in [1.165, 1.54) is 0 Å². The lowest BCUT2D eigenvalue weighted by Crippen LogP contribution is -2.27. The van der Waals surface area contributed by atoms with E-state index in [1.807, 2.05) is 6.07 Å². The number of hydrogen-bond donors (Lipinski definition) is 1. The van der Waals surface area contributed by atoms with Gasteiger partial charge < -0.3 is 9.84 Å². The molecule has 0 aliphatic carbocycles. The maximum absolute atomic E-state index is 11.9. The number of alkyl halides is 3. The maximum Gasteiger partial charge on any atom is 0.276 e. The van der Waals surface area contributed by atoms with Gasteiger partial charge in [-0.25, -0.2) is 0 Å². The van der Waals surface area contributed by atoms with E-state index in [2.05, 4.69) is 20.4 Å². The first-order valence-corrected chi connectivity index (χ1v) is 7.81. The molecule has 2 aromatic heterocycles. The summed E-state index contributed by atoms with van der Waals surface area (Å²) < 4.78 is 3.18. The summed E-state index contributed by atoms with van der Waals surface area (Å²) >= 11 is 16.7. The molecule has 0 saturated heterocycles. The third-order valence-corrected chi connectivity index (χ3v) is 3.50. The topological polar surface area (TPSA) is 80.9 Å². The van der Waals surface area contributed by atoms with Gasteiger partial charge in [-0.15, -0.1) is 0 Å². The number of pyridine rings is 1. The fraction of sp³-hybridized carbons (Fsp3) is 0.0667. The third-order valence-electron chi connectivity index (χ3n) is 2.98. The van der Waals surface area contributed by atoms with Gasteiger partial charge in [0.2, 0.25) is 5.82 Å². The summed E-state index contributed by atoms with van der Waals surface area (Å²) in [5.74, 6) is -0.256. The molecular formula is C15H9Cl3N4O2. The molecule has 0 bridgehead atoms. The number of nitrogens with zero attached hydrogens (tertiary/aromatic N) is 3. The summed E-state index contributed by atoms with van der Waals surface area (Å²) in [4.78, 5) is 20.3. The van der Waals surface area contributed by atoms with Crippen molar-refractivity contribution in [1.29, 1.82) is 0 Å². The normalized spacial score (nSPS) is 11.3. The molecule has 0 radical (unpaired) electrons. The van der Waals surface area contributed by atoms with Crippen LogP contribution in [0.2, 0.25) is 0 Å². The Morgan fingerprint density at radius 2 is 1.83 bits per heavy atom. The van der Waals surface area contributed by atoms with E-state index in [4.69, 9.17) is 39.3 Å². The van der Waals surface area contributed by atoms with Crippen LogP contribution in [0.15, 0.2) is 53.2 Å². The van der Waals surface area contributed by atoms with Crippen molar-refractivity contribution in [3.8, 4) is 23.0 Å². The lowest BCUT2D eigenvalue weighted by molar-refractivity contribution is -0.115. The summed E-state index contributed by atoms with van der Waals surface area (Å²) in [5, 5.41) is 6.41. The average Bonchev–Trinajstić information content (AvgIpc) is 3.05. The number of benzene rings is 1. The van der Waals surface area contributed by atoms with E-state index in [-0.39, 0.29) is 5.89 Å². The summed E-state index contributed by atoms with van der Waals surface area (Å²) in [6, 6.07) is 12.2. The highest BCUT2D eigenvalue weighted by Crippen LogP contribution is 2.32. The number of anilines is 1. The first-order valence-electron chi connectivity index (χ1n) is 6.68. The number of aromatic nitrogens is 3. The van der Waals surface area contributed by atoms with Gasteiger partial charge in [0, 0.05) is 6.20 Å². The van der Waals surface area contributed by atoms with E-state index in [0.717, 1.165) is 0 Å². The first kappa shape index (κ1) is 16.7. The van der Waals surface area contributed by atoms with Gasteiger partial charge in [-0.05, 0) is 24.3 Å². The SMILES string of the molecule is O=C(Nc1ccccc1-c1nc(-c2ccccn2)no1)C(Cl)(Cl)Cl. The minimum absolute atomic E-state index is 0.205. The van der Waals surface area contributed by atoms with Gasteiger partial charge in [-0.2, -0.15) is 4.98 Å². The Kier molecular flexibility index (Phi) is 4.71. The third kappa shape index (κ3) is 3.67. The quantitative estimate of drug-likeness (QED) is 0.688. The Bertz CT molecular complexity index is 862. The number of hydrogen-bond acceptors (Lipinski definition) is 5. The van der Waals surface area contributed by atoms with Crippen molar-refractivity contribution >= 4 is 46.4 Å². The van der Waals surface area contributed by atoms with Gasteiger partial charge in [0.1, 0.15) is 5.69 Å². The largest absolute Gasteiger partial charge is 0.333 e. The van der Waals surface area contributed by atoms with Crippen molar-refractivity contribution in [3.05, 3.63) is 48.7 Å². The van der Waals surface area contributed by atoms with Crippen LogP contribution in [0.25, 0.3) is 23.0 Å². The van der Waals surface area contributed by atoms with Crippen LogP contribution in [0.3, 0.4) is 0 Å². The maximum atomic E-state index is 11.9. The van der Waals surface area contributed by atoms with Crippen molar-refractivity contribution < 1.29 is 9.32 Å². The van der Waals surface area contributed by atoms with Crippen molar-refractivity contribution in [3.63, 3.8) is 0 Å². The molecule has 3 aromatic rings. The summed E-state index contributed by atoms with van der Waals surface area (Å²) in [5.41, 5.74) is 1.44. The molecule has 24 heavy (non-hydrogen) atoms. The highest BCUT2D eigenvalue weighted by atomic mass is 35.6. The molecule has 0 unspecified atom stereocenters. The standard InChI is InChI=1S/C15H9Cl3N4O2/c16-15(17,18)14(23)20-10-6-2-1-5-9(10)13-21-12(22-24-13)11-7-3-4-8-19-11/h1-8H,(H,20,23). The zero-order valence-corrected chi connectivity index (χ0v) is 14.2. The molecule has 0 aliphatic rings. The van der Waals surface area contributed by atoms with Crippen LogP contribution in [0.4, 0.5) is 5.69 Å². The van der Waals surface area contributed by atoms with Crippen LogP contribution in [0.1, 0.15) is 0 Å². The van der Waals surface area contributed by atoms with E-state index in [0.29, 0.717) is 22.8 Å². The molecule has 1 N–H and O–H groups in total. The molecule has 1 aromatic carbocycles. The monoisotopic (exact) mass is 382 g/mol. The van der Waals surface area contributed by atoms with Crippen LogP contribution in [0, 0.1) is 0 Å². The lowest BCUT2D eigenvalue weighted by atomic mass is 10.1. The minimum atomic E-state index is -2.08. The fourth-order valence-corrected chi connectivity index (χ4v) is 2.05. The summed E-state index contributed by atoms with van der Waals surface area (Å²) in [6.07, 6.45) is 1.63. The number of amides is 1. The average molecular weight is 384 g/mol. The number of carbonyl (C=O) groups excluding carboxylic acids is 1. The molecule has 122 valence electrons. The number of nitrogens with one attached hydrogen (secondary N) is 1. The van der Waals surface area contributed by atoms with E-state index in [9.17, 15) is 4.79 Å². The zero-order chi connectivity index (χ0) is 17.2. The van der Waals surface area contributed by atoms with Crippen molar-refractivity contribution in [1.82, 2.24) is 15.1 Å². The Morgan fingerprint density at radius 1 is 1.08 bits per heavy atom.